The molecule has 0 heterocycles. The molecular formula is C18H29ClN2. The number of rotatable bonds is 5. The van der Waals surface area contributed by atoms with Gasteiger partial charge in [0.1, 0.15) is 0 Å². The Morgan fingerprint density at radius 3 is 2.24 bits per heavy atom. The fourth-order valence-electron chi connectivity index (χ4n) is 3.57. The van der Waals surface area contributed by atoms with Crippen LogP contribution in [0.25, 0.3) is 0 Å². The van der Waals surface area contributed by atoms with Gasteiger partial charge >= 0.3 is 0 Å². The van der Waals surface area contributed by atoms with Crippen LogP contribution in [0.3, 0.4) is 0 Å². The van der Waals surface area contributed by atoms with Crippen LogP contribution in [0.4, 0.5) is 0 Å². The van der Waals surface area contributed by atoms with Gasteiger partial charge in [0.25, 0.3) is 0 Å². The zero-order valence-corrected chi connectivity index (χ0v) is 14.2. The van der Waals surface area contributed by atoms with Crippen molar-refractivity contribution in [3.63, 3.8) is 0 Å². The number of halogens is 1. The Morgan fingerprint density at radius 2 is 1.71 bits per heavy atom. The van der Waals surface area contributed by atoms with Crippen LogP contribution in [0, 0.1) is 5.41 Å². The minimum Gasteiger partial charge on any atom is -0.330 e. The molecule has 21 heavy (non-hydrogen) atoms. The summed E-state index contributed by atoms with van der Waals surface area (Å²) in [6.45, 7) is 4.17. The summed E-state index contributed by atoms with van der Waals surface area (Å²) in [5, 5.41) is 0.802. The number of nitrogens with two attached hydrogens (primary N) is 1. The molecule has 118 valence electrons. The van der Waals surface area contributed by atoms with Crippen molar-refractivity contribution in [3.05, 3.63) is 34.9 Å². The maximum atomic E-state index is 6.17. The van der Waals surface area contributed by atoms with E-state index in [-0.39, 0.29) is 0 Å². The van der Waals surface area contributed by atoms with Gasteiger partial charge in [-0.15, -0.1) is 0 Å². The molecule has 0 spiro atoms. The number of nitrogens with zero attached hydrogens (tertiary/aromatic N) is 1. The lowest BCUT2D eigenvalue weighted by atomic mass is 9.79. The molecule has 2 nitrogen and oxygen atoms in total. The summed E-state index contributed by atoms with van der Waals surface area (Å²) in [6, 6.07) is 8.61. The summed E-state index contributed by atoms with van der Waals surface area (Å²) in [5.41, 5.74) is 7.80. The molecule has 1 aliphatic rings. The Hall–Kier alpha value is -0.570. The summed E-state index contributed by atoms with van der Waals surface area (Å²) < 4.78 is 0. The molecule has 0 aromatic heterocycles. The maximum Gasteiger partial charge on any atom is 0.0406 e. The third kappa shape index (κ3) is 4.45. The van der Waals surface area contributed by atoms with E-state index in [2.05, 4.69) is 31.0 Å². The molecular weight excluding hydrogens is 280 g/mol. The molecule has 1 aliphatic carbocycles. The highest BCUT2D eigenvalue weighted by molar-refractivity contribution is 6.30. The van der Waals surface area contributed by atoms with Crippen molar-refractivity contribution >= 4 is 11.6 Å². The van der Waals surface area contributed by atoms with E-state index < -0.39 is 0 Å². The molecule has 2 N–H and O–H groups in total. The van der Waals surface area contributed by atoms with Crippen molar-refractivity contribution in [1.29, 1.82) is 0 Å². The van der Waals surface area contributed by atoms with E-state index >= 15 is 0 Å². The monoisotopic (exact) mass is 308 g/mol. The molecule has 1 atom stereocenters. The van der Waals surface area contributed by atoms with E-state index in [0.717, 1.165) is 18.1 Å². The first-order valence-corrected chi connectivity index (χ1v) is 8.60. The summed E-state index contributed by atoms with van der Waals surface area (Å²) in [4.78, 5) is 2.46. The average molecular weight is 309 g/mol. The van der Waals surface area contributed by atoms with E-state index in [1.165, 1.54) is 44.1 Å². The van der Waals surface area contributed by atoms with Crippen molar-refractivity contribution < 1.29 is 0 Å². The number of hydrogen-bond acceptors (Lipinski definition) is 2. The first-order valence-electron chi connectivity index (χ1n) is 8.22. The normalized spacial score (nSPS) is 20.2. The van der Waals surface area contributed by atoms with Gasteiger partial charge in [0, 0.05) is 17.6 Å². The molecule has 3 heteroatoms. The lowest BCUT2D eigenvalue weighted by Gasteiger charge is -2.38. The molecule has 2 rings (SSSR count). The first kappa shape index (κ1) is 16.8. The van der Waals surface area contributed by atoms with Crippen LogP contribution in [-0.2, 0) is 0 Å². The Bertz CT molecular complexity index is 421. The van der Waals surface area contributed by atoms with Gasteiger partial charge in [0.05, 0.1) is 0 Å². The molecule has 0 radical (unpaired) electrons. The standard InChI is InChI=1S/C18H29ClN2/c1-15(16-7-9-17(19)10-8-16)21(2)14-18(13-20)11-5-3-4-6-12-18/h7-10,15H,3-6,11-14,20H2,1-2H3. The predicted molar refractivity (Wildman–Crippen MR) is 91.7 cm³/mol. The zero-order valence-electron chi connectivity index (χ0n) is 13.4. The van der Waals surface area contributed by atoms with E-state index in [0.29, 0.717) is 11.5 Å². The van der Waals surface area contributed by atoms with Gasteiger partial charge in [-0.05, 0) is 56.5 Å². The van der Waals surface area contributed by atoms with Gasteiger partial charge in [-0.3, -0.25) is 4.90 Å². The van der Waals surface area contributed by atoms with Crippen LogP contribution in [0.2, 0.25) is 5.02 Å². The SMILES string of the molecule is CC(c1ccc(Cl)cc1)N(C)CC1(CN)CCCCCC1. The summed E-state index contributed by atoms with van der Waals surface area (Å²) in [5.74, 6) is 0. The molecule has 0 aliphatic heterocycles. The highest BCUT2D eigenvalue weighted by atomic mass is 35.5. The molecule has 1 saturated carbocycles. The molecule has 0 saturated heterocycles. The van der Waals surface area contributed by atoms with Gasteiger partial charge in [-0.2, -0.15) is 0 Å². The fraction of sp³-hybridized carbons (Fsp3) is 0.667. The van der Waals surface area contributed by atoms with Gasteiger partial charge in [-0.1, -0.05) is 49.4 Å². The average Bonchev–Trinajstić information content (AvgIpc) is 2.73. The van der Waals surface area contributed by atoms with Crippen molar-refractivity contribution in [2.24, 2.45) is 11.1 Å². The lowest BCUT2D eigenvalue weighted by Crippen LogP contribution is -2.41. The fourth-order valence-corrected chi connectivity index (χ4v) is 3.69. The van der Waals surface area contributed by atoms with Crippen molar-refractivity contribution in [2.45, 2.75) is 51.5 Å². The van der Waals surface area contributed by atoms with Gasteiger partial charge in [0.2, 0.25) is 0 Å². The van der Waals surface area contributed by atoms with Crippen LogP contribution >= 0.6 is 11.6 Å². The van der Waals surface area contributed by atoms with Crippen molar-refractivity contribution in [1.82, 2.24) is 4.90 Å². The van der Waals surface area contributed by atoms with E-state index in [1.54, 1.807) is 0 Å². The lowest BCUT2D eigenvalue weighted by molar-refractivity contribution is 0.129. The Labute approximate surface area is 134 Å². The van der Waals surface area contributed by atoms with Gasteiger partial charge < -0.3 is 5.73 Å². The topological polar surface area (TPSA) is 29.3 Å². The van der Waals surface area contributed by atoms with Gasteiger partial charge in [-0.25, -0.2) is 0 Å². The van der Waals surface area contributed by atoms with Crippen LogP contribution in [-0.4, -0.2) is 25.0 Å². The second-order valence-electron chi connectivity index (χ2n) is 6.76. The molecule has 1 aromatic carbocycles. The maximum absolute atomic E-state index is 6.17. The van der Waals surface area contributed by atoms with Crippen molar-refractivity contribution in [3.8, 4) is 0 Å². The molecule has 1 fully saturated rings. The zero-order chi connectivity index (χ0) is 15.3. The third-order valence-corrected chi connectivity index (χ3v) is 5.45. The largest absolute Gasteiger partial charge is 0.330 e. The Balaban J connectivity index is 2.04. The molecule has 1 unspecified atom stereocenters. The molecule has 0 bridgehead atoms. The quantitative estimate of drug-likeness (QED) is 0.803. The van der Waals surface area contributed by atoms with E-state index in [1.807, 2.05) is 12.1 Å². The van der Waals surface area contributed by atoms with E-state index in [4.69, 9.17) is 17.3 Å². The summed E-state index contributed by atoms with van der Waals surface area (Å²) in [6.07, 6.45) is 7.97. The minimum atomic E-state index is 0.311. The highest BCUT2D eigenvalue weighted by Crippen LogP contribution is 2.36. The van der Waals surface area contributed by atoms with Crippen LogP contribution in [0.1, 0.15) is 57.1 Å². The number of hydrogen-bond donors (Lipinski definition) is 1. The minimum absolute atomic E-state index is 0.311. The van der Waals surface area contributed by atoms with Gasteiger partial charge in [0.15, 0.2) is 0 Å². The Morgan fingerprint density at radius 1 is 1.14 bits per heavy atom. The van der Waals surface area contributed by atoms with Crippen LogP contribution < -0.4 is 5.73 Å². The van der Waals surface area contributed by atoms with Crippen LogP contribution in [0.5, 0.6) is 0 Å². The summed E-state index contributed by atoms with van der Waals surface area (Å²) in [7, 11) is 2.22. The second-order valence-corrected chi connectivity index (χ2v) is 7.20. The highest BCUT2D eigenvalue weighted by Gasteiger charge is 2.32. The van der Waals surface area contributed by atoms with E-state index in [9.17, 15) is 0 Å². The third-order valence-electron chi connectivity index (χ3n) is 5.20. The van der Waals surface area contributed by atoms with Crippen LogP contribution in [0.15, 0.2) is 24.3 Å². The first-order chi connectivity index (χ1) is 10.1. The number of benzene rings is 1. The molecule has 1 aromatic rings. The smallest absolute Gasteiger partial charge is 0.0406 e. The Kier molecular flexibility index (Phi) is 6.09. The predicted octanol–water partition coefficient (Wildman–Crippen LogP) is 4.63. The molecule has 0 amide bonds. The second kappa shape index (κ2) is 7.62. The summed E-state index contributed by atoms with van der Waals surface area (Å²) >= 11 is 5.98. The van der Waals surface area contributed by atoms with Crippen molar-refractivity contribution in [2.75, 3.05) is 20.1 Å².